The summed E-state index contributed by atoms with van der Waals surface area (Å²) in [5, 5.41) is 2.84. The number of nitrogens with zero attached hydrogens (tertiary/aromatic N) is 1. The van der Waals surface area contributed by atoms with Gasteiger partial charge >= 0.3 is 6.03 Å². The summed E-state index contributed by atoms with van der Waals surface area (Å²) in [6.45, 7) is 0. The van der Waals surface area contributed by atoms with Crippen molar-refractivity contribution < 1.29 is 9.59 Å². The lowest BCUT2D eigenvalue weighted by molar-refractivity contribution is -0.114. The molecule has 86 valence electrons. The van der Waals surface area contributed by atoms with Gasteiger partial charge in [-0.2, -0.15) is 0 Å². The molecule has 1 aromatic heterocycles. The van der Waals surface area contributed by atoms with Crippen molar-refractivity contribution >= 4 is 12.3 Å². The maximum Gasteiger partial charge on any atom is 0.326 e. The minimum Gasteiger partial charge on any atom is -0.325 e. The third-order valence-electron chi connectivity index (χ3n) is 3.17. The van der Waals surface area contributed by atoms with E-state index >= 15 is 0 Å². The lowest BCUT2D eigenvalue weighted by Gasteiger charge is -2.32. The Morgan fingerprint density at radius 1 is 1.19 bits per heavy atom. The fourth-order valence-corrected chi connectivity index (χ4v) is 2.20. The highest BCUT2D eigenvalue weighted by Gasteiger charge is 2.33. The van der Waals surface area contributed by atoms with Crippen LogP contribution in [0.1, 0.15) is 32.1 Å². The normalized spacial score (nSPS) is 19.0. The number of hydrogen-bond donors (Lipinski definition) is 1. The highest BCUT2D eigenvalue weighted by atomic mass is 16.2. The van der Waals surface area contributed by atoms with Gasteiger partial charge < -0.3 is 10.1 Å². The van der Waals surface area contributed by atoms with Crippen LogP contribution in [0.25, 0.3) is 0 Å². The second-order valence-corrected chi connectivity index (χ2v) is 4.36. The summed E-state index contributed by atoms with van der Waals surface area (Å²) in [6, 6.07) is 3.35. The molecule has 1 amide bonds. The second kappa shape index (κ2) is 4.51. The second-order valence-electron chi connectivity index (χ2n) is 4.36. The van der Waals surface area contributed by atoms with Gasteiger partial charge in [0.15, 0.2) is 0 Å². The molecule has 0 bridgehead atoms. The maximum absolute atomic E-state index is 11.8. The van der Waals surface area contributed by atoms with Crippen LogP contribution in [0.3, 0.4) is 0 Å². The molecule has 1 fully saturated rings. The maximum atomic E-state index is 11.8. The average molecular weight is 220 g/mol. The molecule has 0 atom stereocenters. The predicted octanol–water partition coefficient (Wildman–Crippen LogP) is 1.95. The van der Waals surface area contributed by atoms with Crippen LogP contribution in [0.15, 0.2) is 24.5 Å². The Kier molecular flexibility index (Phi) is 3.08. The van der Waals surface area contributed by atoms with E-state index in [0.717, 1.165) is 38.4 Å². The molecule has 0 spiro atoms. The first-order chi connectivity index (χ1) is 7.76. The van der Waals surface area contributed by atoms with E-state index in [9.17, 15) is 9.59 Å². The molecule has 4 heteroatoms. The minimum atomic E-state index is -0.639. The molecule has 1 heterocycles. The number of nitrogens with one attached hydrogen (secondary N) is 1. The first kappa shape index (κ1) is 10.9. The van der Waals surface area contributed by atoms with Gasteiger partial charge in [-0.15, -0.1) is 0 Å². The van der Waals surface area contributed by atoms with E-state index in [1.807, 2.05) is 0 Å². The first-order valence-corrected chi connectivity index (χ1v) is 5.68. The molecule has 0 unspecified atom stereocenters. The van der Waals surface area contributed by atoms with E-state index in [0.29, 0.717) is 0 Å². The van der Waals surface area contributed by atoms with Crippen LogP contribution >= 0.6 is 0 Å². The van der Waals surface area contributed by atoms with Crippen molar-refractivity contribution in [2.75, 3.05) is 0 Å². The molecule has 0 saturated heterocycles. The molecular weight excluding hydrogens is 204 g/mol. The minimum absolute atomic E-state index is 0.223. The van der Waals surface area contributed by atoms with Gasteiger partial charge in [0, 0.05) is 12.4 Å². The van der Waals surface area contributed by atoms with Gasteiger partial charge in [0.05, 0.1) is 5.54 Å². The zero-order valence-electron chi connectivity index (χ0n) is 9.19. The van der Waals surface area contributed by atoms with Crippen LogP contribution in [0, 0.1) is 0 Å². The summed E-state index contributed by atoms with van der Waals surface area (Å²) in [6.07, 6.45) is 8.91. The topological polar surface area (TPSA) is 51.1 Å². The Balaban J connectivity index is 2.06. The third-order valence-corrected chi connectivity index (χ3v) is 3.17. The Labute approximate surface area is 94.6 Å². The van der Waals surface area contributed by atoms with Crippen LogP contribution in [-0.2, 0) is 4.79 Å². The van der Waals surface area contributed by atoms with Crippen molar-refractivity contribution in [1.82, 2.24) is 9.88 Å². The first-order valence-electron chi connectivity index (χ1n) is 5.68. The van der Waals surface area contributed by atoms with Crippen LogP contribution in [-0.4, -0.2) is 22.4 Å². The quantitative estimate of drug-likeness (QED) is 0.774. The van der Waals surface area contributed by atoms with Crippen molar-refractivity contribution in [3.8, 4) is 0 Å². The zero-order chi connectivity index (χ0) is 11.4. The standard InChI is InChI=1S/C12H16N2O2/c15-10-12(6-2-1-3-7-12)13-11(16)14-8-4-5-9-14/h4-5,8-10H,1-3,6-7H2,(H,13,16). The van der Waals surface area contributed by atoms with Crippen LogP contribution in [0.4, 0.5) is 4.79 Å². The summed E-state index contributed by atoms with van der Waals surface area (Å²) in [4.78, 5) is 23.0. The van der Waals surface area contributed by atoms with E-state index in [4.69, 9.17) is 0 Å². The number of rotatable bonds is 2. The van der Waals surface area contributed by atoms with Gasteiger partial charge in [-0.3, -0.25) is 4.57 Å². The van der Waals surface area contributed by atoms with Gasteiger partial charge in [-0.1, -0.05) is 19.3 Å². The highest BCUT2D eigenvalue weighted by Crippen LogP contribution is 2.26. The molecule has 16 heavy (non-hydrogen) atoms. The summed E-state index contributed by atoms with van der Waals surface area (Å²) < 4.78 is 1.46. The smallest absolute Gasteiger partial charge is 0.325 e. The lowest BCUT2D eigenvalue weighted by Crippen LogP contribution is -2.52. The van der Waals surface area contributed by atoms with Gasteiger partial charge in [-0.25, -0.2) is 4.79 Å². The number of aldehydes is 1. The Morgan fingerprint density at radius 2 is 1.81 bits per heavy atom. The number of hydrogen-bond acceptors (Lipinski definition) is 2. The molecule has 1 aliphatic rings. The fourth-order valence-electron chi connectivity index (χ4n) is 2.20. The Hall–Kier alpha value is -1.58. The van der Waals surface area contributed by atoms with Crippen molar-refractivity contribution in [2.24, 2.45) is 0 Å². The van der Waals surface area contributed by atoms with E-state index in [1.165, 1.54) is 4.57 Å². The molecule has 1 aromatic rings. The van der Waals surface area contributed by atoms with Gasteiger partial charge in [-0.05, 0) is 25.0 Å². The van der Waals surface area contributed by atoms with Crippen molar-refractivity contribution in [1.29, 1.82) is 0 Å². The van der Waals surface area contributed by atoms with Crippen LogP contribution < -0.4 is 5.32 Å². The molecule has 4 nitrogen and oxygen atoms in total. The molecule has 1 saturated carbocycles. The number of aromatic nitrogens is 1. The summed E-state index contributed by atoms with van der Waals surface area (Å²) in [7, 11) is 0. The van der Waals surface area contributed by atoms with Crippen LogP contribution in [0.2, 0.25) is 0 Å². The molecule has 0 aliphatic heterocycles. The van der Waals surface area contributed by atoms with Gasteiger partial charge in [0.25, 0.3) is 0 Å². The van der Waals surface area contributed by atoms with E-state index in [-0.39, 0.29) is 6.03 Å². The van der Waals surface area contributed by atoms with Crippen molar-refractivity contribution in [3.63, 3.8) is 0 Å². The van der Waals surface area contributed by atoms with E-state index in [2.05, 4.69) is 5.32 Å². The Bertz CT molecular complexity index is 364. The largest absolute Gasteiger partial charge is 0.326 e. The monoisotopic (exact) mass is 220 g/mol. The molecule has 0 aromatic carbocycles. The molecule has 0 radical (unpaired) electrons. The van der Waals surface area contributed by atoms with Gasteiger partial charge in [0.2, 0.25) is 0 Å². The molecule has 1 aliphatic carbocycles. The lowest BCUT2D eigenvalue weighted by atomic mass is 9.83. The Morgan fingerprint density at radius 3 is 2.38 bits per heavy atom. The number of amides is 1. The van der Waals surface area contributed by atoms with Crippen molar-refractivity contribution in [3.05, 3.63) is 24.5 Å². The van der Waals surface area contributed by atoms with E-state index < -0.39 is 5.54 Å². The summed E-state index contributed by atoms with van der Waals surface area (Å²) in [5.41, 5.74) is -0.639. The summed E-state index contributed by atoms with van der Waals surface area (Å²) in [5.74, 6) is 0. The number of carbonyl (C=O) groups is 2. The van der Waals surface area contributed by atoms with Crippen molar-refractivity contribution in [2.45, 2.75) is 37.6 Å². The van der Waals surface area contributed by atoms with Gasteiger partial charge in [0.1, 0.15) is 6.29 Å². The zero-order valence-corrected chi connectivity index (χ0v) is 9.19. The average Bonchev–Trinajstić information content (AvgIpc) is 2.84. The fraction of sp³-hybridized carbons (Fsp3) is 0.500. The highest BCUT2D eigenvalue weighted by molar-refractivity contribution is 5.82. The third kappa shape index (κ3) is 2.15. The van der Waals surface area contributed by atoms with E-state index in [1.54, 1.807) is 24.5 Å². The summed E-state index contributed by atoms with van der Waals surface area (Å²) >= 11 is 0. The molecule has 1 N–H and O–H groups in total. The molecule has 2 rings (SSSR count). The predicted molar refractivity (Wildman–Crippen MR) is 60.2 cm³/mol. The van der Waals surface area contributed by atoms with Crippen LogP contribution in [0.5, 0.6) is 0 Å². The molecular formula is C12H16N2O2. The number of carbonyl (C=O) groups excluding carboxylic acids is 2. The SMILES string of the molecule is O=CC1(NC(=O)n2cccc2)CCCCC1.